The van der Waals surface area contributed by atoms with Crippen molar-refractivity contribution in [3.8, 4) is 28.7 Å². The van der Waals surface area contributed by atoms with Crippen LogP contribution in [0.3, 0.4) is 0 Å². The number of phenolic OH excluding ortho intramolecular Hbond substituents is 5. The van der Waals surface area contributed by atoms with Crippen LogP contribution in [-0.2, 0) is 6.61 Å². The first-order valence-electron chi connectivity index (χ1n) is 33.9. The summed E-state index contributed by atoms with van der Waals surface area (Å²) in [5.74, 6) is 1.15. The lowest BCUT2D eigenvalue weighted by molar-refractivity contribution is 0.281. The Morgan fingerprint density at radius 3 is 1.13 bits per heavy atom. The summed E-state index contributed by atoms with van der Waals surface area (Å²) in [5, 5.41) is 60.9. The van der Waals surface area contributed by atoms with Crippen LogP contribution in [0.1, 0.15) is 66.8 Å². The Hall–Kier alpha value is -13.5. The maximum Gasteiger partial charge on any atom is 0.142 e. The molecule has 564 valence electrons. The highest BCUT2D eigenvalue weighted by molar-refractivity contribution is 5.97. The summed E-state index contributed by atoms with van der Waals surface area (Å²) >= 11 is 0. The molecule has 0 fully saturated rings. The Labute approximate surface area is 630 Å². The van der Waals surface area contributed by atoms with E-state index in [1.54, 1.807) is 72.8 Å². The van der Waals surface area contributed by atoms with Gasteiger partial charge in [0.05, 0.1) is 35.0 Å². The van der Waals surface area contributed by atoms with E-state index in [-0.39, 0.29) is 23.9 Å². The Kier molecular flexibility index (Phi) is 36.2. The number of benzene rings is 13. The second-order valence-electron chi connectivity index (χ2n) is 25.2. The standard InChI is InChI=1S/C12H13NO.C12H13N.C8H11NO.C8H11N.C7H11N3.C7H10N2.C7H9NO.C7H9N.C7H8O.C6H8N2O.C6H7NO/c1-7-3-4-10-9(5-7)6-8(2)12(14)11(10)13;1-8-3-6-11-10(7-8)5-4-9(2)12(11)13;1-6-2-3-8(9)4-7(6)5-10;1-6-3-4-8(9)5-7(6)2;1-4-2-3-5(8)7(10)6(4)9;1-5-2-3-6(8)4-7(5)9;1-8-6-2-4-7(9)5-3-6;1-6-4-2-3-5-7(6)8;1-6-2-4-7(8)5-3-6;7-4-1-2-6(9)5(8)3-4;7-5-1-3-6(8)4-2-5/h3-6,14H,13H2,1-2H3;3-7H,13H2,1-2H3;2-4,10H,5,9H2,1H3;3-5H,9H2,1-2H3;2-3H,8-10H2,1H3;2-4H,8-9H2,1H3;2-5,8-9H,1H3;2-5H,8H2,1H3;2-5,8H,1H3;1-3,9H,7-8H2;1-4,8H,7H2. The first-order valence-corrected chi connectivity index (χ1v) is 33.9. The Balaban J connectivity index is 0.000000307. The van der Waals surface area contributed by atoms with E-state index >= 15 is 0 Å². The Bertz CT molecular complexity index is 4650. The maximum absolute atomic E-state index is 9.65. The van der Waals surface area contributed by atoms with Gasteiger partial charge < -0.3 is 110 Å². The molecule has 0 bridgehead atoms. The van der Waals surface area contributed by atoms with Gasteiger partial charge in [-0.2, -0.15) is 0 Å². The SMILES string of the molecule is CNc1ccc(O)cc1.Cc1ccc(N)c(N)c1N.Cc1ccc(N)cc1C.Cc1ccc(N)cc1CO.Cc1ccc(N)cc1N.Cc1ccc(O)cc1.Cc1ccc2c(N)c(C)ccc2c1.Cc1ccc2c(N)c(O)c(C)cc2c1.Cc1ccccc1N.Nc1ccc(O)c(N)c1.Nc1ccc(O)cc1. The van der Waals surface area contributed by atoms with Crippen LogP contribution in [0.2, 0.25) is 0 Å². The lowest BCUT2D eigenvalue weighted by Gasteiger charge is -2.08. The molecule has 0 radical (unpaired) electrons. The van der Waals surface area contributed by atoms with Gasteiger partial charge in [-0.15, -0.1) is 0 Å². The number of aromatic hydroxyl groups is 5. The first-order chi connectivity index (χ1) is 50.4. The van der Waals surface area contributed by atoms with Crippen molar-refractivity contribution in [3.63, 3.8) is 0 Å². The highest BCUT2D eigenvalue weighted by Gasteiger charge is 2.07. The molecule has 0 unspecified atom stereocenters. The lowest BCUT2D eigenvalue weighted by Crippen LogP contribution is -2.01. The molecule has 33 N–H and O–H groups in total. The molecular weight excluding hydrogens is 1340 g/mol. The normalized spacial score (nSPS) is 9.69. The molecule has 107 heavy (non-hydrogen) atoms. The van der Waals surface area contributed by atoms with Crippen LogP contribution < -0.4 is 79.9 Å². The van der Waals surface area contributed by atoms with Crippen LogP contribution in [0.4, 0.5) is 79.6 Å². The molecule has 13 aromatic rings. The van der Waals surface area contributed by atoms with Gasteiger partial charge in [0.15, 0.2) is 0 Å². The second kappa shape index (κ2) is 44.1. The molecule has 0 saturated carbocycles. The molecule has 13 aromatic carbocycles. The predicted octanol–water partition coefficient (Wildman–Crippen LogP) is 16.9. The zero-order valence-electron chi connectivity index (χ0n) is 63.4. The van der Waals surface area contributed by atoms with E-state index in [4.69, 9.17) is 100 Å². The average Bonchev–Trinajstić information content (AvgIpc) is 0.789. The van der Waals surface area contributed by atoms with Crippen molar-refractivity contribution in [2.75, 3.05) is 86.9 Å². The van der Waals surface area contributed by atoms with Crippen molar-refractivity contribution in [1.29, 1.82) is 0 Å². The van der Waals surface area contributed by atoms with Crippen LogP contribution in [0.25, 0.3) is 21.5 Å². The number of hydrogen-bond acceptors (Lipinski definition) is 20. The van der Waals surface area contributed by atoms with E-state index in [0.29, 0.717) is 57.0 Å². The van der Waals surface area contributed by atoms with Crippen molar-refractivity contribution in [2.24, 2.45) is 0 Å². The highest BCUT2D eigenvalue weighted by atomic mass is 16.3. The lowest BCUT2D eigenvalue weighted by atomic mass is 10.0. The summed E-state index contributed by atoms with van der Waals surface area (Å²) in [6.45, 7) is 22.0. The minimum Gasteiger partial charge on any atom is -0.508 e. The number of nitrogens with one attached hydrogen (secondary N) is 1. The van der Waals surface area contributed by atoms with Gasteiger partial charge in [-0.05, 0) is 270 Å². The van der Waals surface area contributed by atoms with Crippen molar-refractivity contribution < 1.29 is 30.6 Å². The minimum absolute atomic E-state index is 0.0663. The zero-order valence-corrected chi connectivity index (χ0v) is 63.4. The molecule has 0 saturated heterocycles. The van der Waals surface area contributed by atoms with Gasteiger partial charge in [-0.1, -0.05) is 120 Å². The number of para-hydroxylation sites is 1. The molecule has 20 heteroatoms. The largest absolute Gasteiger partial charge is 0.508 e. The zero-order chi connectivity index (χ0) is 80.2. The van der Waals surface area contributed by atoms with Crippen molar-refractivity contribution in [1.82, 2.24) is 0 Å². The maximum atomic E-state index is 9.65. The Morgan fingerprint density at radius 1 is 0.271 bits per heavy atom. The number of aliphatic hydroxyl groups is 1. The van der Waals surface area contributed by atoms with Crippen LogP contribution in [-0.4, -0.2) is 37.7 Å². The number of rotatable bonds is 2. The van der Waals surface area contributed by atoms with Gasteiger partial charge in [-0.3, -0.25) is 0 Å². The molecule has 0 aliphatic heterocycles. The van der Waals surface area contributed by atoms with Crippen molar-refractivity contribution in [2.45, 2.75) is 82.8 Å². The molecule has 0 atom stereocenters. The summed E-state index contributed by atoms with van der Waals surface area (Å²) in [5.41, 5.74) is 94.6. The number of aliphatic hydroxyl groups excluding tert-OH is 1. The number of fused-ring (bicyclic) bond motifs is 2. The molecule has 0 aromatic heterocycles. The molecule has 0 spiro atoms. The van der Waals surface area contributed by atoms with E-state index in [0.717, 1.165) is 89.2 Å². The molecule has 0 amide bonds. The monoisotopic (exact) mass is 1450 g/mol. The van der Waals surface area contributed by atoms with Crippen molar-refractivity contribution >= 4 is 101 Å². The fraction of sp³-hybridized carbons (Fsp3) is 0.149. The number of phenols is 5. The third-order valence-corrected chi connectivity index (χ3v) is 16.2. The highest BCUT2D eigenvalue weighted by Crippen LogP contribution is 2.34. The van der Waals surface area contributed by atoms with Gasteiger partial charge in [0.1, 0.15) is 28.7 Å². The topological polar surface area (TPSA) is 472 Å². The summed E-state index contributed by atoms with van der Waals surface area (Å²) in [4.78, 5) is 0. The molecule has 0 heterocycles. The van der Waals surface area contributed by atoms with Crippen molar-refractivity contribution in [3.05, 3.63) is 303 Å². The van der Waals surface area contributed by atoms with E-state index in [9.17, 15) is 5.11 Å². The number of anilines is 14. The Morgan fingerprint density at radius 2 is 0.692 bits per heavy atom. The number of nitrogens with two attached hydrogens (primary N) is 13. The van der Waals surface area contributed by atoms with E-state index in [1.165, 1.54) is 45.3 Å². The van der Waals surface area contributed by atoms with Crippen LogP contribution >= 0.6 is 0 Å². The third kappa shape index (κ3) is 31.4. The van der Waals surface area contributed by atoms with E-state index < -0.39 is 0 Å². The van der Waals surface area contributed by atoms with E-state index in [1.807, 2.05) is 178 Å². The number of nitrogen functional groups attached to an aromatic ring is 13. The third-order valence-electron chi connectivity index (χ3n) is 16.2. The summed E-state index contributed by atoms with van der Waals surface area (Å²) < 4.78 is 0. The smallest absolute Gasteiger partial charge is 0.142 e. The van der Waals surface area contributed by atoms with Crippen LogP contribution in [0.5, 0.6) is 28.7 Å². The molecule has 0 aliphatic carbocycles. The number of hydrogen-bond donors (Lipinski definition) is 20. The predicted molar refractivity (Wildman–Crippen MR) is 459 cm³/mol. The fourth-order valence-corrected chi connectivity index (χ4v) is 9.13. The van der Waals surface area contributed by atoms with Gasteiger partial charge in [0.2, 0.25) is 0 Å². The first kappa shape index (κ1) is 87.8. The summed E-state index contributed by atoms with van der Waals surface area (Å²) in [6.07, 6.45) is 0. The fourth-order valence-electron chi connectivity index (χ4n) is 9.13. The molecule has 13 rings (SSSR count). The molecule has 0 aliphatic rings. The second-order valence-corrected chi connectivity index (χ2v) is 25.2. The average molecular weight is 1450 g/mol. The molecule has 20 nitrogen and oxygen atoms in total. The number of aryl methyl sites for hydroxylation is 11. The van der Waals surface area contributed by atoms with E-state index in [2.05, 4.69) is 62.5 Å². The summed E-state index contributed by atoms with van der Waals surface area (Å²) in [7, 11) is 1.84. The van der Waals surface area contributed by atoms with Gasteiger partial charge in [0, 0.05) is 69.0 Å². The minimum atomic E-state index is 0.0663. The van der Waals surface area contributed by atoms with Gasteiger partial charge in [-0.25, -0.2) is 0 Å². The van der Waals surface area contributed by atoms with Crippen LogP contribution in [0, 0.1) is 76.2 Å². The quantitative estimate of drug-likeness (QED) is 0.0434. The van der Waals surface area contributed by atoms with Gasteiger partial charge >= 0.3 is 0 Å². The summed E-state index contributed by atoms with van der Waals surface area (Å²) in [6, 6.07) is 71.8. The van der Waals surface area contributed by atoms with Gasteiger partial charge in [0.25, 0.3) is 0 Å². The van der Waals surface area contributed by atoms with Crippen LogP contribution in [0.15, 0.2) is 237 Å². The molecular formula is C87H110N14O6.